The minimum absolute atomic E-state index is 0.223. The van der Waals surface area contributed by atoms with E-state index in [9.17, 15) is 5.26 Å². The summed E-state index contributed by atoms with van der Waals surface area (Å²) in [4.78, 5) is 4.46. The minimum Gasteiger partial charge on any atom is -0.360 e. The lowest BCUT2D eigenvalue weighted by Gasteiger charge is -2.01. The Morgan fingerprint density at radius 3 is 2.75 bits per heavy atom. The predicted molar refractivity (Wildman–Crippen MR) is 101 cm³/mol. The molecule has 9 heteroatoms. The van der Waals surface area contributed by atoms with Crippen LogP contribution in [0.5, 0.6) is 0 Å². The Hall–Kier alpha value is -4.32. The van der Waals surface area contributed by atoms with Gasteiger partial charge >= 0.3 is 0 Å². The molecule has 2 N–H and O–H groups in total. The van der Waals surface area contributed by atoms with Gasteiger partial charge in [-0.2, -0.15) is 15.5 Å². The van der Waals surface area contributed by atoms with E-state index in [2.05, 4.69) is 36.1 Å². The van der Waals surface area contributed by atoms with E-state index in [4.69, 9.17) is 4.52 Å². The van der Waals surface area contributed by atoms with E-state index in [0.717, 1.165) is 22.4 Å². The average Bonchev–Trinajstić information content (AvgIpc) is 3.42. The van der Waals surface area contributed by atoms with Gasteiger partial charge in [-0.3, -0.25) is 0 Å². The first kappa shape index (κ1) is 17.1. The van der Waals surface area contributed by atoms with Crippen molar-refractivity contribution in [3.8, 4) is 28.9 Å². The van der Waals surface area contributed by atoms with Gasteiger partial charge in [0, 0.05) is 23.0 Å². The molecule has 0 amide bonds. The molecule has 0 unspecified atom stereocenters. The van der Waals surface area contributed by atoms with Gasteiger partial charge in [0.1, 0.15) is 11.6 Å². The Labute approximate surface area is 159 Å². The number of allylic oxidation sites excluding steroid dienone is 1. The number of rotatable bonds is 5. The van der Waals surface area contributed by atoms with Gasteiger partial charge in [0.15, 0.2) is 0 Å². The number of anilines is 1. The fourth-order valence-corrected chi connectivity index (χ4v) is 2.53. The van der Waals surface area contributed by atoms with Gasteiger partial charge in [-0.25, -0.2) is 0 Å². The smallest absolute Gasteiger partial charge is 0.258 e. The number of hydrogen-bond acceptors (Lipinski definition) is 8. The number of aromatic amines is 1. The topological polar surface area (TPSA) is 129 Å². The first-order valence-electron chi connectivity index (χ1n) is 8.35. The van der Waals surface area contributed by atoms with Crippen molar-refractivity contribution in [3.63, 3.8) is 0 Å². The lowest BCUT2D eigenvalue weighted by Crippen LogP contribution is -1.93. The Bertz CT molecular complexity index is 1150. The van der Waals surface area contributed by atoms with Crippen LogP contribution in [-0.4, -0.2) is 30.8 Å². The van der Waals surface area contributed by atoms with Crippen LogP contribution in [-0.2, 0) is 0 Å². The molecule has 0 aliphatic carbocycles. The molecule has 2 aromatic carbocycles. The highest BCUT2D eigenvalue weighted by molar-refractivity contribution is 5.74. The summed E-state index contributed by atoms with van der Waals surface area (Å²) in [5.74, 6) is 1.20. The molecule has 0 aliphatic heterocycles. The second-order valence-corrected chi connectivity index (χ2v) is 5.92. The summed E-state index contributed by atoms with van der Waals surface area (Å²) < 4.78 is 5.39. The number of hydrogen-bond donors (Lipinski definition) is 2. The van der Waals surface area contributed by atoms with Crippen LogP contribution in [0.4, 0.5) is 5.69 Å². The summed E-state index contributed by atoms with van der Waals surface area (Å²) in [5.41, 5.74) is 3.87. The molecule has 28 heavy (non-hydrogen) atoms. The molecule has 0 radical (unpaired) electrons. The maximum absolute atomic E-state index is 9.17. The summed E-state index contributed by atoms with van der Waals surface area (Å²) >= 11 is 0. The standard InChI is InChI=1S/C19H14N8O/c1-12-3-2-4-14(9-12)17-22-19(28-25-17)13-5-7-16(8-6-13)21-11-15(10-20)18-23-26-27-24-18/h2-9,11,21H,1H3,(H,23,24,26,27). The average molecular weight is 370 g/mol. The molecule has 0 fully saturated rings. The van der Waals surface area contributed by atoms with Crippen molar-refractivity contribution < 1.29 is 4.52 Å². The molecule has 2 aromatic heterocycles. The molecule has 0 spiro atoms. The second kappa shape index (κ2) is 7.51. The number of nitriles is 1. The van der Waals surface area contributed by atoms with Gasteiger partial charge in [-0.15, -0.1) is 10.2 Å². The maximum Gasteiger partial charge on any atom is 0.258 e. The van der Waals surface area contributed by atoms with E-state index in [1.165, 1.54) is 6.20 Å². The van der Waals surface area contributed by atoms with Gasteiger partial charge in [0.05, 0.1) is 0 Å². The van der Waals surface area contributed by atoms with Crippen molar-refractivity contribution in [3.05, 3.63) is 66.1 Å². The van der Waals surface area contributed by atoms with Crippen LogP contribution < -0.4 is 5.32 Å². The predicted octanol–water partition coefficient (Wildman–Crippen LogP) is 3.20. The molecule has 4 rings (SSSR count). The normalized spacial score (nSPS) is 11.2. The van der Waals surface area contributed by atoms with Crippen molar-refractivity contribution in [1.29, 1.82) is 5.26 Å². The van der Waals surface area contributed by atoms with Crippen LogP contribution in [0.1, 0.15) is 11.4 Å². The van der Waals surface area contributed by atoms with Crippen LogP contribution in [0.15, 0.2) is 59.3 Å². The Kier molecular flexibility index (Phi) is 4.59. The third kappa shape index (κ3) is 3.61. The van der Waals surface area contributed by atoms with Crippen molar-refractivity contribution in [2.45, 2.75) is 6.92 Å². The maximum atomic E-state index is 9.17. The molecule has 2 heterocycles. The lowest BCUT2D eigenvalue weighted by molar-refractivity contribution is 0.432. The van der Waals surface area contributed by atoms with Crippen molar-refractivity contribution in [2.24, 2.45) is 0 Å². The fourth-order valence-electron chi connectivity index (χ4n) is 2.53. The first-order valence-corrected chi connectivity index (χ1v) is 8.35. The number of nitrogens with zero attached hydrogens (tertiary/aromatic N) is 6. The molecule has 0 saturated heterocycles. The van der Waals surface area contributed by atoms with E-state index in [1.807, 2.05) is 61.5 Å². The highest BCUT2D eigenvalue weighted by Gasteiger charge is 2.11. The Balaban J connectivity index is 1.50. The number of aryl methyl sites for hydroxylation is 1. The highest BCUT2D eigenvalue weighted by Crippen LogP contribution is 2.24. The van der Waals surface area contributed by atoms with Crippen LogP contribution in [0.25, 0.3) is 28.4 Å². The van der Waals surface area contributed by atoms with Crippen molar-refractivity contribution in [1.82, 2.24) is 30.8 Å². The van der Waals surface area contributed by atoms with Gasteiger partial charge in [0.25, 0.3) is 5.89 Å². The summed E-state index contributed by atoms with van der Waals surface area (Å²) in [6, 6.07) is 17.3. The van der Waals surface area contributed by atoms with E-state index in [-0.39, 0.29) is 11.4 Å². The van der Waals surface area contributed by atoms with Crippen molar-refractivity contribution >= 4 is 11.3 Å². The molecular formula is C19H14N8O. The van der Waals surface area contributed by atoms with Crippen LogP contribution in [0, 0.1) is 18.3 Å². The molecular weight excluding hydrogens is 356 g/mol. The summed E-state index contributed by atoms with van der Waals surface area (Å²) in [6.07, 6.45) is 1.52. The number of tetrazole rings is 1. The van der Waals surface area contributed by atoms with E-state index >= 15 is 0 Å². The Morgan fingerprint density at radius 2 is 2.04 bits per heavy atom. The number of aromatic nitrogens is 6. The summed E-state index contributed by atoms with van der Waals surface area (Å²) in [5, 5.41) is 29.6. The second-order valence-electron chi connectivity index (χ2n) is 5.92. The van der Waals surface area contributed by atoms with E-state index in [1.54, 1.807) is 0 Å². The minimum atomic E-state index is 0.223. The number of H-pyrrole nitrogens is 1. The fraction of sp³-hybridized carbons (Fsp3) is 0.0526. The molecule has 0 atom stereocenters. The lowest BCUT2D eigenvalue weighted by atomic mass is 10.1. The largest absolute Gasteiger partial charge is 0.360 e. The molecule has 9 nitrogen and oxygen atoms in total. The third-order valence-electron chi connectivity index (χ3n) is 3.92. The van der Waals surface area contributed by atoms with E-state index < -0.39 is 0 Å². The zero-order valence-corrected chi connectivity index (χ0v) is 14.8. The molecule has 136 valence electrons. The SMILES string of the molecule is Cc1cccc(-c2noc(-c3ccc(NC=C(C#N)c4nn[nH]n4)cc3)n2)c1. The van der Waals surface area contributed by atoms with E-state index in [0.29, 0.717) is 11.7 Å². The molecule has 4 aromatic rings. The molecule has 0 saturated carbocycles. The summed E-state index contributed by atoms with van der Waals surface area (Å²) in [6.45, 7) is 2.01. The van der Waals surface area contributed by atoms with Crippen LogP contribution in [0.2, 0.25) is 0 Å². The highest BCUT2D eigenvalue weighted by atomic mass is 16.5. The molecule has 0 aliphatic rings. The summed E-state index contributed by atoms with van der Waals surface area (Å²) in [7, 11) is 0. The molecule has 0 bridgehead atoms. The van der Waals surface area contributed by atoms with Gasteiger partial charge in [-0.05, 0) is 42.5 Å². The van der Waals surface area contributed by atoms with Crippen LogP contribution in [0.3, 0.4) is 0 Å². The number of nitrogens with one attached hydrogen (secondary N) is 2. The number of benzene rings is 2. The zero-order valence-electron chi connectivity index (χ0n) is 14.8. The van der Waals surface area contributed by atoms with Gasteiger partial charge in [0.2, 0.25) is 11.6 Å². The first-order chi connectivity index (χ1) is 13.7. The van der Waals surface area contributed by atoms with Crippen LogP contribution >= 0.6 is 0 Å². The monoisotopic (exact) mass is 370 g/mol. The zero-order chi connectivity index (χ0) is 19.3. The van der Waals surface area contributed by atoms with Gasteiger partial charge < -0.3 is 9.84 Å². The Morgan fingerprint density at radius 1 is 1.18 bits per heavy atom. The van der Waals surface area contributed by atoms with Crippen molar-refractivity contribution in [2.75, 3.05) is 5.32 Å². The third-order valence-corrected chi connectivity index (χ3v) is 3.92. The van der Waals surface area contributed by atoms with Gasteiger partial charge in [-0.1, -0.05) is 28.9 Å². The quantitative estimate of drug-likeness (QED) is 0.512.